The Labute approximate surface area is 194 Å². The SMILES string of the molecule is COc1cc(C2(c3ccccc3)C=Cc3c(ccc4ccccc34)O2)ccc1N1CCCC1. The van der Waals surface area contributed by atoms with Crippen LogP contribution in [0.25, 0.3) is 16.8 Å². The molecule has 0 bridgehead atoms. The number of methoxy groups -OCH3 is 1. The lowest BCUT2D eigenvalue weighted by molar-refractivity contribution is 0.161. The zero-order chi connectivity index (χ0) is 22.3. The lowest BCUT2D eigenvalue weighted by Gasteiger charge is -2.37. The molecular formula is C30H27NO2. The Hall–Kier alpha value is -3.72. The second-order valence-corrected chi connectivity index (χ2v) is 8.82. The standard InChI is InChI=1S/C30H27NO2/c1-32-29-21-24(14-15-27(29)31-19-7-8-20-31)30(23-10-3-2-4-11-23)18-17-26-25-12-6-5-9-22(25)13-16-28(26)33-30/h2-6,9-18,21H,7-8,19-20H2,1H3. The molecule has 0 N–H and O–H groups in total. The maximum absolute atomic E-state index is 6.91. The number of hydrogen-bond donors (Lipinski definition) is 0. The fraction of sp³-hybridized carbons (Fsp3) is 0.200. The molecule has 4 aromatic carbocycles. The van der Waals surface area contributed by atoms with Crippen molar-refractivity contribution < 1.29 is 9.47 Å². The summed E-state index contributed by atoms with van der Waals surface area (Å²) in [6.45, 7) is 2.16. The molecule has 4 aromatic rings. The van der Waals surface area contributed by atoms with Gasteiger partial charge in [0.1, 0.15) is 11.5 Å². The molecule has 33 heavy (non-hydrogen) atoms. The third-order valence-corrected chi connectivity index (χ3v) is 6.94. The van der Waals surface area contributed by atoms with E-state index in [1.165, 1.54) is 23.6 Å². The minimum Gasteiger partial charge on any atom is -0.495 e. The van der Waals surface area contributed by atoms with Gasteiger partial charge in [-0.3, -0.25) is 0 Å². The van der Waals surface area contributed by atoms with Gasteiger partial charge < -0.3 is 14.4 Å². The Morgan fingerprint density at radius 3 is 2.42 bits per heavy atom. The highest BCUT2D eigenvalue weighted by atomic mass is 16.5. The van der Waals surface area contributed by atoms with E-state index in [-0.39, 0.29) is 0 Å². The highest BCUT2D eigenvalue weighted by Gasteiger charge is 2.38. The predicted octanol–water partition coefficient (Wildman–Crippen LogP) is 6.80. The van der Waals surface area contributed by atoms with Crippen molar-refractivity contribution in [1.29, 1.82) is 0 Å². The summed E-state index contributed by atoms with van der Waals surface area (Å²) in [5, 5.41) is 2.42. The van der Waals surface area contributed by atoms with Gasteiger partial charge in [-0.15, -0.1) is 0 Å². The van der Waals surface area contributed by atoms with Crippen LogP contribution in [0, 0.1) is 0 Å². The van der Waals surface area contributed by atoms with Gasteiger partial charge in [-0.2, -0.15) is 0 Å². The van der Waals surface area contributed by atoms with E-state index >= 15 is 0 Å². The van der Waals surface area contributed by atoms with Crippen molar-refractivity contribution in [2.24, 2.45) is 0 Å². The average molecular weight is 434 g/mol. The number of ether oxygens (including phenoxy) is 2. The van der Waals surface area contributed by atoms with Crippen molar-refractivity contribution in [2.45, 2.75) is 18.4 Å². The number of benzene rings is 4. The third-order valence-electron chi connectivity index (χ3n) is 6.94. The maximum Gasteiger partial charge on any atom is 0.178 e. The second-order valence-electron chi connectivity index (χ2n) is 8.82. The first-order valence-electron chi connectivity index (χ1n) is 11.7. The lowest BCUT2D eigenvalue weighted by atomic mass is 9.83. The minimum atomic E-state index is -0.729. The molecular weight excluding hydrogens is 406 g/mol. The van der Waals surface area contributed by atoms with Gasteiger partial charge >= 0.3 is 0 Å². The molecule has 1 fully saturated rings. The number of rotatable bonds is 4. The first-order chi connectivity index (χ1) is 16.3. The van der Waals surface area contributed by atoms with Gasteiger partial charge in [0.25, 0.3) is 0 Å². The van der Waals surface area contributed by atoms with Gasteiger partial charge in [-0.25, -0.2) is 0 Å². The highest BCUT2D eigenvalue weighted by molar-refractivity contribution is 5.94. The van der Waals surface area contributed by atoms with Crippen LogP contribution >= 0.6 is 0 Å². The van der Waals surface area contributed by atoms with E-state index in [0.29, 0.717) is 0 Å². The molecule has 3 nitrogen and oxygen atoms in total. The zero-order valence-electron chi connectivity index (χ0n) is 18.8. The molecule has 1 atom stereocenters. The molecule has 1 saturated heterocycles. The first-order valence-corrected chi connectivity index (χ1v) is 11.7. The number of nitrogens with zero attached hydrogens (tertiary/aromatic N) is 1. The monoisotopic (exact) mass is 433 g/mol. The largest absolute Gasteiger partial charge is 0.495 e. The summed E-state index contributed by atoms with van der Waals surface area (Å²) < 4.78 is 12.8. The molecule has 0 amide bonds. The molecule has 1 unspecified atom stereocenters. The number of hydrogen-bond acceptors (Lipinski definition) is 3. The smallest absolute Gasteiger partial charge is 0.178 e. The minimum absolute atomic E-state index is 0.729. The van der Waals surface area contributed by atoms with E-state index < -0.39 is 5.60 Å². The van der Waals surface area contributed by atoms with Gasteiger partial charge in [-0.1, -0.05) is 66.7 Å². The summed E-state index contributed by atoms with van der Waals surface area (Å²) >= 11 is 0. The first kappa shape index (κ1) is 19.9. The van der Waals surface area contributed by atoms with Gasteiger partial charge in [0.15, 0.2) is 5.60 Å². The summed E-state index contributed by atoms with van der Waals surface area (Å²) in [6, 6.07) is 29.7. The molecule has 2 heterocycles. The van der Waals surface area contributed by atoms with Crippen LogP contribution in [0.3, 0.4) is 0 Å². The normalized spacial score (nSPS) is 19.4. The molecule has 164 valence electrons. The van der Waals surface area contributed by atoms with Crippen LogP contribution in [-0.4, -0.2) is 20.2 Å². The molecule has 0 spiro atoms. The van der Waals surface area contributed by atoms with E-state index in [1.54, 1.807) is 7.11 Å². The molecule has 0 radical (unpaired) electrons. The van der Waals surface area contributed by atoms with Crippen molar-refractivity contribution in [3.63, 3.8) is 0 Å². The topological polar surface area (TPSA) is 21.7 Å². The van der Waals surface area contributed by atoms with Crippen molar-refractivity contribution in [3.05, 3.63) is 108 Å². The van der Waals surface area contributed by atoms with Crippen LogP contribution in [0.15, 0.2) is 91.0 Å². The Bertz CT molecular complexity index is 1340. The molecule has 0 saturated carbocycles. The Kier molecular flexibility index (Phi) is 4.83. The predicted molar refractivity (Wildman–Crippen MR) is 135 cm³/mol. The summed E-state index contributed by atoms with van der Waals surface area (Å²) in [6.07, 6.45) is 6.88. The van der Waals surface area contributed by atoms with Gasteiger partial charge in [0, 0.05) is 29.8 Å². The lowest BCUT2D eigenvalue weighted by Crippen LogP contribution is -2.34. The Morgan fingerprint density at radius 1 is 0.818 bits per heavy atom. The van der Waals surface area contributed by atoms with Gasteiger partial charge in [0.05, 0.1) is 12.8 Å². The molecule has 3 heteroatoms. The second kappa shape index (κ2) is 8.00. The fourth-order valence-electron chi connectivity index (χ4n) is 5.24. The van der Waals surface area contributed by atoms with Crippen molar-refractivity contribution in [1.82, 2.24) is 0 Å². The van der Waals surface area contributed by atoms with E-state index in [0.717, 1.165) is 47.0 Å². The summed E-state index contributed by atoms with van der Waals surface area (Å²) in [4.78, 5) is 2.41. The summed E-state index contributed by atoms with van der Waals surface area (Å²) in [5.41, 5.74) is 3.71. The molecule has 0 aromatic heterocycles. The number of fused-ring (bicyclic) bond motifs is 3. The fourth-order valence-corrected chi connectivity index (χ4v) is 5.24. The van der Waals surface area contributed by atoms with Crippen LogP contribution in [0.4, 0.5) is 5.69 Å². The summed E-state index contributed by atoms with van der Waals surface area (Å²) in [5.74, 6) is 1.79. The Morgan fingerprint density at radius 2 is 1.61 bits per heavy atom. The maximum atomic E-state index is 6.91. The quantitative estimate of drug-likeness (QED) is 0.353. The van der Waals surface area contributed by atoms with E-state index in [1.807, 2.05) is 6.07 Å². The van der Waals surface area contributed by atoms with Crippen molar-refractivity contribution in [3.8, 4) is 11.5 Å². The highest BCUT2D eigenvalue weighted by Crippen LogP contribution is 2.46. The van der Waals surface area contributed by atoms with Crippen LogP contribution in [-0.2, 0) is 5.60 Å². The zero-order valence-corrected chi connectivity index (χ0v) is 18.8. The van der Waals surface area contributed by atoms with Crippen LogP contribution in [0.1, 0.15) is 29.5 Å². The van der Waals surface area contributed by atoms with Crippen LogP contribution in [0.5, 0.6) is 11.5 Å². The Balaban J connectivity index is 1.52. The van der Waals surface area contributed by atoms with Gasteiger partial charge in [0.2, 0.25) is 0 Å². The number of anilines is 1. The van der Waals surface area contributed by atoms with Crippen molar-refractivity contribution in [2.75, 3.05) is 25.1 Å². The molecule has 6 rings (SSSR count). The van der Waals surface area contributed by atoms with E-state index in [4.69, 9.17) is 9.47 Å². The van der Waals surface area contributed by atoms with Crippen molar-refractivity contribution >= 4 is 22.5 Å². The van der Waals surface area contributed by atoms with Gasteiger partial charge in [-0.05, 0) is 54.0 Å². The third kappa shape index (κ3) is 3.27. The average Bonchev–Trinajstić information content (AvgIpc) is 3.43. The van der Waals surface area contributed by atoms with E-state index in [2.05, 4.69) is 95.9 Å². The molecule has 2 aliphatic heterocycles. The molecule has 0 aliphatic carbocycles. The van der Waals surface area contributed by atoms with Crippen LogP contribution < -0.4 is 14.4 Å². The summed E-state index contributed by atoms with van der Waals surface area (Å²) in [7, 11) is 1.76. The van der Waals surface area contributed by atoms with Crippen LogP contribution in [0.2, 0.25) is 0 Å². The van der Waals surface area contributed by atoms with E-state index in [9.17, 15) is 0 Å². The molecule has 2 aliphatic rings.